The first kappa shape index (κ1) is 25.2. The van der Waals surface area contributed by atoms with Crippen LogP contribution in [0.4, 0.5) is 26.0 Å². The van der Waals surface area contributed by atoms with E-state index in [4.69, 9.17) is 10.5 Å². The second-order valence-electron chi connectivity index (χ2n) is 9.09. The number of anilines is 3. The molecule has 7 nitrogen and oxygen atoms in total. The van der Waals surface area contributed by atoms with Gasteiger partial charge < -0.3 is 21.1 Å². The van der Waals surface area contributed by atoms with Crippen molar-refractivity contribution in [3.63, 3.8) is 0 Å². The Hall–Kier alpha value is -3.85. The van der Waals surface area contributed by atoms with Gasteiger partial charge in [0.05, 0.1) is 12.0 Å². The molecule has 9 heteroatoms. The number of hydrogen-bond donors (Lipinski definition) is 3. The van der Waals surface area contributed by atoms with Crippen LogP contribution in [0.15, 0.2) is 66.9 Å². The topological polar surface area (TPSA) is 106 Å². The van der Waals surface area contributed by atoms with E-state index in [1.807, 2.05) is 0 Å². The molecule has 0 saturated carbocycles. The van der Waals surface area contributed by atoms with Gasteiger partial charge in [0, 0.05) is 55.2 Å². The van der Waals surface area contributed by atoms with Crippen molar-refractivity contribution in [3.05, 3.63) is 83.6 Å². The number of benzene rings is 2. The summed E-state index contributed by atoms with van der Waals surface area (Å²) in [5, 5.41) is 5.95. The van der Waals surface area contributed by atoms with Crippen molar-refractivity contribution in [2.24, 2.45) is 5.41 Å². The van der Waals surface area contributed by atoms with Crippen LogP contribution in [0.1, 0.15) is 41.3 Å². The Morgan fingerprint density at radius 2 is 1.86 bits per heavy atom. The van der Waals surface area contributed by atoms with Gasteiger partial charge in [-0.05, 0) is 42.3 Å². The molecule has 1 aromatic heterocycles. The van der Waals surface area contributed by atoms with Gasteiger partial charge in [-0.3, -0.25) is 9.59 Å². The van der Waals surface area contributed by atoms with E-state index in [2.05, 4.69) is 15.6 Å². The van der Waals surface area contributed by atoms with Crippen LogP contribution in [0.3, 0.4) is 0 Å². The number of hydrogen-bond acceptors (Lipinski definition) is 6. The van der Waals surface area contributed by atoms with Crippen molar-refractivity contribution in [3.8, 4) is 0 Å². The number of carbonyl (C=O) groups is 2. The molecule has 0 unspecified atom stereocenters. The van der Waals surface area contributed by atoms with E-state index in [1.54, 1.807) is 54.6 Å². The van der Waals surface area contributed by atoms with Gasteiger partial charge in [0.1, 0.15) is 5.82 Å². The maximum Gasteiger partial charge on any atom is 0.272 e. The molecular weight excluding hydrogens is 466 g/mol. The Labute approximate surface area is 208 Å². The average Bonchev–Trinajstić information content (AvgIpc) is 3.33. The minimum absolute atomic E-state index is 0.00869. The summed E-state index contributed by atoms with van der Waals surface area (Å²) in [4.78, 5) is 29.9. The van der Waals surface area contributed by atoms with Crippen molar-refractivity contribution in [1.29, 1.82) is 0 Å². The normalized spacial score (nSPS) is 17.5. The predicted molar refractivity (Wildman–Crippen MR) is 133 cm³/mol. The number of rotatable bonds is 9. The number of pyridine rings is 1. The predicted octanol–water partition coefficient (Wildman–Crippen LogP) is 4.82. The smallest absolute Gasteiger partial charge is 0.272 e. The monoisotopic (exact) mass is 494 g/mol. The van der Waals surface area contributed by atoms with E-state index in [1.165, 1.54) is 12.3 Å². The van der Waals surface area contributed by atoms with Gasteiger partial charge in [0.15, 0.2) is 5.78 Å². The molecule has 2 aromatic carbocycles. The number of amides is 1. The van der Waals surface area contributed by atoms with E-state index in [-0.39, 0.29) is 36.8 Å². The van der Waals surface area contributed by atoms with E-state index in [9.17, 15) is 18.4 Å². The molecule has 1 aliphatic rings. The third-order valence-electron chi connectivity index (χ3n) is 6.28. The molecule has 2 heterocycles. The average molecular weight is 495 g/mol. The van der Waals surface area contributed by atoms with Crippen LogP contribution in [0, 0.1) is 5.41 Å². The highest BCUT2D eigenvalue weighted by Crippen LogP contribution is 2.35. The van der Waals surface area contributed by atoms with E-state index in [0.29, 0.717) is 35.8 Å². The number of ketones is 1. The number of carbonyl (C=O) groups excluding carboxylic acids is 2. The summed E-state index contributed by atoms with van der Waals surface area (Å²) in [7, 11) is 0. The van der Waals surface area contributed by atoms with Gasteiger partial charge in [-0.1, -0.05) is 30.3 Å². The second-order valence-corrected chi connectivity index (χ2v) is 9.09. The SMILES string of the molecule is CC(F)(F)c1ccccc1Nc1ccc(CNC(=O)[C@]2(CC(=O)c3ccc(N)nc3)CCOC2)cc1. The molecular formula is C27H28F2N4O3. The number of nitrogens with two attached hydrogens (primary N) is 1. The van der Waals surface area contributed by atoms with Gasteiger partial charge in [-0.2, -0.15) is 0 Å². The van der Waals surface area contributed by atoms with Crippen molar-refractivity contribution >= 4 is 28.9 Å². The molecule has 4 rings (SSSR count). The molecule has 1 saturated heterocycles. The lowest BCUT2D eigenvalue weighted by Crippen LogP contribution is -2.42. The zero-order chi connectivity index (χ0) is 25.8. The Morgan fingerprint density at radius 1 is 1.11 bits per heavy atom. The molecule has 3 aromatic rings. The van der Waals surface area contributed by atoms with Crippen molar-refractivity contribution in [2.75, 3.05) is 24.3 Å². The van der Waals surface area contributed by atoms with Crippen molar-refractivity contribution < 1.29 is 23.1 Å². The summed E-state index contributed by atoms with van der Waals surface area (Å²) >= 11 is 0. The Bertz CT molecular complexity index is 1220. The van der Waals surface area contributed by atoms with E-state index >= 15 is 0 Å². The summed E-state index contributed by atoms with van der Waals surface area (Å²) in [5.74, 6) is -3.11. The number of halogens is 2. The van der Waals surface area contributed by atoms with Crippen LogP contribution < -0.4 is 16.4 Å². The lowest BCUT2D eigenvalue weighted by molar-refractivity contribution is -0.131. The molecule has 1 atom stereocenters. The number of aromatic nitrogens is 1. The standard InChI is InChI=1S/C27H28F2N4O3/c1-26(28,29)21-4-2-3-5-22(21)33-20-9-6-18(7-10-20)15-32-25(35)27(12-13-36-17-27)14-23(34)19-8-11-24(30)31-16-19/h2-11,16,33H,12-15,17H2,1H3,(H2,30,31)(H,32,35)/t27-/m0/s1. The van der Waals surface area contributed by atoms with Crippen LogP contribution in [0.25, 0.3) is 0 Å². The van der Waals surface area contributed by atoms with Gasteiger partial charge >= 0.3 is 0 Å². The Balaban J connectivity index is 1.38. The summed E-state index contributed by atoms with van der Waals surface area (Å²) in [5.41, 5.74) is 6.75. The zero-order valence-corrected chi connectivity index (χ0v) is 19.9. The van der Waals surface area contributed by atoms with Crippen molar-refractivity contribution in [2.45, 2.75) is 32.2 Å². The molecule has 0 aliphatic carbocycles. The number of nitrogen functional groups attached to an aromatic ring is 1. The summed E-state index contributed by atoms with van der Waals surface area (Å²) < 4.78 is 33.3. The van der Waals surface area contributed by atoms with Gasteiger partial charge in [-0.15, -0.1) is 0 Å². The third kappa shape index (κ3) is 5.85. The van der Waals surface area contributed by atoms with Crippen LogP contribution in [0.2, 0.25) is 0 Å². The molecule has 1 amide bonds. The van der Waals surface area contributed by atoms with Gasteiger partial charge in [-0.25, -0.2) is 13.8 Å². The Morgan fingerprint density at radius 3 is 2.50 bits per heavy atom. The highest BCUT2D eigenvalue weighted by molar-refractivity contribution is 5.99. The maximum absolute atomic E-state index is 13.9. The first-order valence-electron chi connectivity index (χ1n) is 11.6. The highest BCUT2D eigenvalue weighted by atomic mass is 19.3. The first-order chi connectivity index (χ1) is 17.2. The van der Waals surface area contributed by atoms with Crippen LogP contribution >= 0.6 is 0 Å². The van der Waals surface area contributed by atoms with Crippen LogP contribution in [-0.2, 0) is 22.0 Å². The number of nitrogens with one attached hydrogen (secondary N) is 2. The largest absolute Gasteiger partial charge is 0.384 e. The fraction of sp³-hybridized carbons (Fsp3) is 0.296. The maximum atomic E-state index is 13.9. The Kier molecular flexibility index (Phi) is 7.30. The highest BCUT2D eigenvalue weighted by Gasteiger charge is 2.44. The quantitative estimate of drug-likeness (QED) is 0.369. The number of alkyl halides is 2. The second kappa shape index (κ2) is 10.4. The molecule has 1 aliphatic heterocycles. The molecule has 36 heavy (non-hydrogen) atoms. The lowest BCUT2D eigenvalue weighted by atomic mass is 9.80. The molecule has 0 radical (unpaired) electrons. The zero-order valence-electron chi connectivity index (χ0n) is 19.9. The summed E-state index contributed by atoms with van der Waals surface area (Å²) in [6.45, 7) is 1.68. The third-order valence-corrected chi connectivity index (χ3v) is 6.28. The fourth-order valence-electron chi connectivity index (χ4n) is 4.19. The number of Topliss-reactive ketones (excluding diaryl/α,β-unsaturated/α-hetero) is 1. The number of ether oxygens (including phenoxy) is 1. The minimum Gasteiger partial charge on any atom is -0.384 e. The first-order valence-corrected chi connectivity index (χ1v) is 11.6. The number of nitrogens with zero attached hydrogens (tertiary/aromatic N) is 1. The molecule has 4 N–H and O–H groups in total. The number of para-hydroxylation sites is 1. The van der Waals surface area contributed by atoms with Crippen LogP contribution in [0.5, 0.6) is 0 Å². The summed E-state index contributed by atoms with van der Waals surface area (Å²) in [6.07, 6.45) is 1.86. The van der Waals surface area contributed by atoms with E-state index < -0.39 is 11.3 Å². The van der Waals surface area contributed by atoms with Crippen molar-refractivity contribution in [1.82, 2.24) is 10.3 Å². The molecule has 0 spiro atoms. The van der Waals surface area contributed by atoms with Gasteiger partial charge in [0.2, 0.25) is 5.91 Å². The minimum atomic E-state index is -2.97. The van der Waals surface area contributed by atoms with E-state index in [0.717, 1.165) is 12.5 Å². The molecule has 1 fully saturated rings. The molecule has 188 valence electrons. The van der Waals surface area contributed by atoms with Crippen LogP contribution in [-0.4, -0.2) is 29.9 Å². The van der Waals surface area contributed by atoms with Gasteiger partial charge in [0.25, 0.3) is 5.92 Å². The fourth-order valence-corrected chi connectivity index (χ4v) is 4.19. The lowest BCUT2D eigenvalue weighted by Gasteiger charge is -2.25. The summed E-state index contributed by atoms with van der Waals surface area (Å²) in [6, 6.07) is 16.5. The molecule has 0 bridgehead atoms.